The summed E-state index contributed by atoms with van der Waals surface area (Å²) in [6.45, 7) is 5.03. The lowest BCUT2D eigenvalue weighted by molar-refractivity contribution is 0.00697. The van der Waals surface area contributed by atoms with E-state index < -0.39 is 29.6 Å². The minimum Gasteiger partial charge on any atom is -0.494 e. The number of ether oxygens (including phenoxy) is 2. The van der Waals surface area contributed by atoms with Gasteiger partial charge in [0.15, 0.2) is 0 Å². The minimum atomic E-state index is -2.84. The predicted molar refractivity (Wildman–Crippen MR) is 95.8 cm³/mol. The summed E-state index contributed by atoms with van der Waals surface area (Å²) < 4.78 is 36.9. The minimum absolute atomic E-state index is 0.0341. The number of carbonyl (C=O) groups is 2. The zero-order valence-corrected chi connectivity index (χ0v) is 15.7. The van der Waals surface area contributed by atoms with E-state index in [2.05, 4.69) is 9.97 Å². The van der Waals surface area contributed by atoms with Crippen molar-refractivity contribution in [3.63, 3.8) is 0 Å². The van der Waals surface area contributed by atoms with E-state index >= 15 is 0 Å². The summed E-state index contributed by atoms with van der Waals surface area (Å²) in [5.74, 6) is 3.79. The first kappa shape index (κ1) is 21.2. The average Bonchev–Trinajstić information content (AvgIpc) is 2.64. The Kier molecular flexibility index (Phi) is 6.24. The van der Waals surface area contributed by atoms with Crippen LogP contribution in [-0.4, -0.2) is 34.6 Å². The van der Waals surface area contributed by atoms with E-state index in [4.69, 9.17) is 15.3 Å². The second-order valence-corrected chi connectivity index (χ2v) is 6.70. The topological polar surface area (TPSA) is 116 Å². The molecule has 8 nitrogen and oxygen atoms in total. The van der Waals surface area contributed by atoms with Gasteiger partial charge >= 0.3 is 5.97 Å². The fraction of sp³-hybridized carbons (Fsp3) is 0.333. The lowest BCUT2D eigenvalue weighted by atomic mass is 9.99. The van der Waals surface area contributed by atoms with Gasteiger partial charge in [0, 0.05) is 17.3 Å². The smallest absolute Gasteiger partial charge is 0.340 e. The molecule has 2 aromatic heterocycles. The van der Waals surface area contributed by atoms with Crippen molar-refractivity contribution in [2.45, 2.75) is 32.8 Å². The number of pyridine rings is 2. The Balaban J connectivity index is 2.73. The number of hydrogen-bond acceptors (Lipinski definition) is 7. The summed E-state index contributed by atoms with van der Waals surface area (Å²) in [4.78, 5) is 32.0. The Labute approximate surface area is 160 Å². The highest BCUT2D eigenvalue weighted by Gasteiger charge is 2.25. The highest BCUT2D eigenvalue weighted by atomic mass is 19.3. The number of aromatic nitrogens is 2. The first-order valence-electron chi connectivity index (χ1n) is 8.14. The van der Waals surface area contributed by atoms with Crippen molar-refractivity contribution < 1.29 is 27.8 Å². The van der Waals surface area contributed by atoms with Crippen LogP contribution in [0, 0.1) is 0 Å². The van der Waals surface area contributed by atoms with E-state index in [1.807, 2.05) is 5.43 Å². The Bertz CT molecular complexity index is 898. The second kappa shape index (κ2) is 8.26. The Morgan fingerprint density at radius 2 is 1.82 bits per heavy atom. The quantitative estimate of drug-likeness (QED) is 0.347. The molecule has 0 aromatic carbocycles. The van der Waals surface area contributed by atoms with Crippen molar-refractivity contribution in [2.75, 3.05) is 7.11 Å². The highest BCUT2D eigenvalue weighted by Crippen LogP contribution is 2.35. The molecular formula is C18H20F2N4O4. The lowest BCUT2D eigenvalue weighted by Gasteiger charge is -2.21. The van der Waals surface area contributed by atoms with Crippen LogP contribution in [0.3, 0.4) is 0 Å². The molecular weight excluding hydrogens is 374 g/mol. The highest BCUT2D eigenvalue weighted by molar-refractivity contribution is 6.01. The second-order valence-electron chi connectivity index (χ2n) is 6.70. The monoisotopic (exact) mass is 394 g/mol. The number of nitrogens with two attached hydrogens (primary N) is 1. The van der Waals surface area contributed by atoms with Gasteiger partial charge in [-0.25, -0.2) is 19.4 Å². The molecule has 0 unspecified atom stereocenters. The van der Waals surface area contributed by atoms with Gasteiger partial charge in [-0.15, -0.1) is 0 Å². The van der Waals surface area contributed by atoms with Gasteiger partial charge in [-0.2, -0.15) is 0 Å². The fourth-order valence-corrected chi connectivity index (χ4v) is 2.32. The van der Waals surface area contributed by atoms with Crippen LogP contribution in [0.5, 0.6) is 5.75 Å². The van der Waals surface area contributed by atoms with Gasteiger partial charge in [-0.1, -0.05) is 0 Å². The van der Waals surface area contributed by atoms with Crippen LogP contribution in [-0.2, 0) is 4.74 Å². The number of amides is 1. The van der Waals surface area contributed by atoms with Crippen LogP contribution in [0.4, 0.5) is 8.78 Å². The summed E-state index contributed by atoms with van der Waals surface area (Å²) in [5.41, 5.74) is 0.681. The van der Waals surface area contributed by atoms with Gasteiger partial charge in [0.25, 0.3) is 12.3 Å². The SMILES string of the molecule is COc1cnc(C(F)F)cc1-c1cc(C(=O)NN)ncc1C(=O)OC(C)(C)C. The van der Waals surface area contributed by atoms with Crippen LogP contribution in [0.15, 0.2) is 24.5 Å². The molecule has 150 valence electrons. The molecule has 0 saturated carbocycles. The van der Waals surface area contributed by atoms with Crippen molar-refractivity contribution >= 4 is 11.9 Å². The van der Waals surface area contributed by atoms with Gasteiger partial charge in [0.05, 0.1) is 18.9 Å². The van der Waals surface area contributed by atoms with Crippen molar-refractivity contribution in [1.29, 1.82) is 0 Å². The third-order valence-electron chi connectivity index (χ3n) is 3.51. The zero-order chi connectivity index (χ0) is 21.1. The number of nitrogen functional groups attached to an aromatic ring is 1. The largest absolute Gasteiger partial charge is 0.494 e. The van der Waals surface area contributed by atoms with Crippen LogP contribution in [0.2, 0.25) is 0 Å². The number of esters is 1. The molecule has 0 fully saturated rings. The van der Waals surface area contributed by atoms with Crippen molar-refractivity contribution in [2.24, 2.45) is 5.84 Å². The number of hydrogen-bond donors (Lipinski definition) is 2. The van der Waals surface area contributed by atoms with E-state index in [0.29, 0.717) is 0 Å². The Morgan fingerprint density at radius 1 is 1.14 bits per heavy atom. The first-order valence-corrected chi connectivity index (χ1v) is 8.14. The Hall–Kier alpha value is -3.14. The lowest BCUT2D eigenvalue weighted by Crippen LogP contribution is -2.31. The first-order chi connectivity index (χ1) is 13.1. The molecule has 0 spiro atoms. The van der Waals surface area contributed by atoms with E-state index in [1.165, 1.54) is 13.2 Å². The van der Waals surface area contributed by atoms with Crippen LogP contribution < -0.4 is 16.0 Å². The van der Waals surface area contributed by atoms with Crippen molar-refractivity contribution in [3.05, 3.63) is 41.5 Å². The number of hydrazine groups is 1. The van der Waals surface area contributed by atoms with Crippen molar-refractivity contribution in [3.8, 4) is 16.9 Å². The summed E-state index contributed by atoms with van der Waals surface area (Å²) >= 11 is 0. The number of methoxy groups -OCH3 is 1. The van der Waals surface area contributed by atoms with E-state index in [0.717, 1.165) is 18.5 Å². The fourth-order valence-electron chi connectivity index (χ4n) is 2.32. The van der Waals surface area contributed by atoms with Gasteiger partial charge in [0.1, 0.15) is 22.7 Å². The van der Waals surface area contributed by atoms with E-state index in [1.54, 1.807) is 20.8 Å². The van der Waals surface area contributed by atoms with E-state index in [9.17, 15) is 18.4 Å². The summed E-state index contributed by atoms with van der Waals surface area (Å²) in [7, 11) is 1.32. The molecule has 0 bridgehead atoms. The van der Waals surface area contributed by atoms with Crippen LogP contribution in [0.1, 0.15) is 53.7 Å². The summed E-state index contributed by atoms with van der Waals surface area (Å²) in [6.07, 6.45) is -0.613. The molecule has 0 atom stereocenters. The maximum absolute atomic E-state index is 13.2. The van der Waals surface area contributed by atoms with Crippen molar-refractivity contribution in [1.82, 2.24) is 15.4 Å². The summed E-state index contributed by atoms with van der Waals surface area (Å²) in [5, 5.41) is 0. The maximum Gasteiger partial charge on any atom is 0.340 e. The predicted octanol–water partition coefficient (Wildman–Crippen LogP) is 2.65. The standard InChI is InChI=1S/C18H20F2N4O4/c1-18(2,3)28-17(26)11-7-22-13(16(25)24-21)5-9(11)10-6-12(15(19)20)23-8-14(10)27-4/h5-8,15H,21H2,1-4H3,(H,24,25). The maximum atomic E-state index is 13.2. The molecule has 0 aliphatic heterocycles. The molecule has 0 aliphatic carbocycles. The molecule has 0 aliphatic rings. The number of nitrogens with zero attached hydrogens (tertiary/aromatic N) is 2. The number of carbonyl (C=O) groups excluding carboxylic acids is 2. The van der Waals surface area contributed by atoms with Crippen LogP contribution in [0.25, 0.3) is 11.1 Å². The molecule has 0 radical (unpaired) electrons. The van der Waals surface area contributed by atoms with Gasteiger partial charge in [0.2, 0.25) is 0 Å². The normalized spacial score (nSPS) is 11.3. The van der Waals surface area contributed by atoms with Crippen LogP contribution >= 0.6 is 0 Å². The van der Waals surface area contributed by atoms with E-state index in [-0.39, 0.29) is 28.1 Å². The molecule has 2 heterocycles. The molecule has 28 heavy (non-hydrogen) atoms. The molecule has 1 amide bonds. The molecule has 10 heteroatoms. The molecule has 2 aromatic rings. The number of alkyl halides is 2. The number of rotatable bonds is 5. The van der Waals surface area contributed by atoms with Gasteiger partial charge in [-0.3, -0.25) is 20.2 Å². The average molecular weight is 394 g/mol. The van der Waals surface area contributed by atoms with Gasteiger partial charge in [-0.05, 0) is 32.9 Å². The third kappa shape index (κ3) is 4.77. The zero-order valence-electron chi connectivity index (χ0n) is 15.7. The number of halogens is 2. The molecule has 3 N–H and O–H groups in total. The molecule has 2 rings (SSSR count). The number of nitrogens with one attached hydrogen (secondary N) is 1. The Morgan fingerprint density at radius 3 is 2.36 bits per heavy atom. The van der Waals surface area contributed by atoms with Gasteiger partial charge < -0.3 is 9.47 Å². The summed E-state index contributed by atoms with van der Waals surface area (Å²) in [6, 6.07) is 2.32. The third-order valence-corrected chi connectivity index (χ3v) is 3.51. The molecule has 0 saturated heterocycles.